The van der Waals surface area contributed by atoms with E-state index in [2.05, 4.69) is 6.92 Å². The van der Waals surface area contributed by atoms with Crippen LogP contribution >= 0.6 is 0 Å². The Balaban J connectivity index is -0.000000279. The molecule has 0 amide bonds. The molecule has 0 aliphatic heterocycles. The molecular formula is C22H43NaO9S. The summed E-state index contributed by atoms with van der Waals surface area (Å²) in [7, 11) is -4.84. The molecule has 0 radical (unpaired) electrons. The first kappa shape index (κ1) is 36.9. The molecule has 11 heteroatoms. The van der Waals surface area contributed by atoms with Crippen LogP contribution in [0.3, 0.4) is 0 Å². The summed E-state index contributed by atoms with van der Waals surface area (Å²) in [5.74, 6) is -4.15. The summed E-state index contributed by atoms with van der Waals surface area (Å²) in [6.45, 7) is 2.27. The van der Waals surface area contributed by atoms with Crippen LogP contribution in [-0.4, -0.2) is 51.4 Å². The van der Waals surface area contributed by atoms with E-state index in [1.807, 2.05) is 0 Å². The first-order valence-corrected chi connectivity index (χ1v) is 13.1. The van der Waals surface area contributed by atoms with Gasteiger partial charge in [0.15, 0.2) is 5.25 Å². The van der Waals surface area contributed by atoms with Gasteiger partial charge >= 0.3 is 47.5 Å². The average molecular weight is 507 g/mol. The van der Waals surface area contributed by atoms with E-state index in [0.717, 1.165) is 12.8 Å². The fourth-order valence-corrected chi connectivity index (χ4v) is 3.73. The van der Waals surface area contributed by atoms with Gasteiger partial charge in [-0.3, -0.25) is 18.9 Å². The second kappa shape index (κ2) is 24.4. The molecular weight excluding hydrogens is 463 g/mol. The average Bonchev–Trinajstić information content (AvgIpc) is 2.68. The minimum atomic E-state index is -4.84. The van der Waals surface area contributed by atoms with Gasteiger partial charge < -0.3 is 16.7 Å². The first-order chi connectivity index (χ1) is 15.0. The van der Waals surface area contributed by atoms with E-state index in [1.54, 1.807) is 0 Å². The number of aliphatic carboxylic acids is 3. The van der Waals surface area contributed by atoms with Crippen molar-refractivity contribution < 1.29 is 73.7 Å². The van der Waals surface area contributed by atoms with Crippen molar-refractivity contribution in [3.63, 3.8) is 0 Å². The molecule has 4 N–H and O–H groups in total. The van der Waals surface area contributed by atoms with Crippen molar-refractivity contribution in [3.8, 4) is 0 Å². The van der Waals surface area contributed by atoms with Crippen molar-refractivity contribution >= 4 is 28.0 Å². The predicted molar refractivity (Wildman–Crippen MR) is 124 cm³/mol. The van der Waals surface area contributed by atoms with Gasteiger partial charge in [0.2, 0.25) is 0 Å². The maximum absolute atomic E-state index is 10.3. The molecule has 192 valence electrons. The van der Waals surface area contributed by atoms with Gasteiger partial charge in [-0.1, -0.05) is 96.8 Å². The molecule has 9 nitrogen and oxygen atoms in total. The van der Waals surface area contributed by atoms with E-state index in [1.165, 1.54) is 83.5 Å². The minimum absolute atomic E-state index is 0. The van der Waals surface area contributed by atoms with Crippen molar-refractivity contribution in [2.75, 3.05) is 0 Å². The molecule has 0 saturated carbocycles. The molecule has 0 aliphatic rings. The zero-order valence-electron chi connectivity index (χ0n) is 21.3. The summed E-state index contributed by atoms with van der Waals surface area (Å²) >= 11 is 0. The molecule has 0 fully saturated rings. The Bertz CT molecular complexity index is 615. The maximum Gasteiger partial charge on any atom is 1.00 e. The Morgan fingerprint density at radius 1 is 0.667 bits per heavy atom. The number of unbranched alkanes of at least 4 members (excludes halogenated alkanes) is 14. The standard InChI is InChI=1S/C18H36O2.C4H6O7S.Na.H/c1-2-3-4-5-6-7-8-9-10-11-12-13-14-15-16-17-18(19)20;5-3(6)1-2(4(7)8)12(9,10)11;;/h2-17H2,1H3,(H,19,20);2H,1H2,(H,5,6)(H,7,8)(H,9,10,11);;/q;;+1;-1. The number of carboxylic acids is 3. The summed E-state index contributed by atoms with van der Waals surface area (Å²) in [5, 5.41) is 22.4. The quantitative estimate of drug-likeness (QED) is 0.110. The largest absolute Gasteiger partial charge is 1.00 e. The zero-order valence-corrected chi connectivity index (χ0v) is 23.2. The Labute approximate surface area is 222 Å². The Morgan fingerprint density at radius 2 is 1.00 bits per heavy atom. The molecule has 0 aliphatic carbocycles. The molecule has 0 aromatic carbocycles. The summed E-state index contributed by atoms with van der Waals surface area (Å²) in [4.78, 5) is 30.3. The summed E-state index contributed by atoms with van der Waals surface area (Å²) in [6.07, 6.45) is 19.0. The van der Waals surface area contributed by atoms with Crippen molar-refractivity contribution in [2.24, 2.45) is 0 Å². The fourth-order valence-electron chi connectivity index (χ4n) is 3.13. The van der Waals surface area contributed by atoms with Crippen LogP contribution in [0.25, 0.3) is 0 Å². The summed E-state index contributed by atoms with van der Waals surface area (Å²) in [5.41, 5.74) is 0. The second-order valence-corrected chi connectivity index (χ2v) is 9.63. The number of rotatable bonds is 20. The molecule has 1 atom stereocenters. The van der Waals surface area contributed by atoms with Crippen molar-refractivity contribution in [3.05, 3.63) is 0 Å². The summed E-state index contributed by atoms with van der Waals surface area (Å²) in [6, 6.07) is 0. The van der Waals surface area contributed by atoms with Crippen molar-refractivity contribution in [2.45, 2.75) is 121 Å². The third-order valence-corrected chi connectivity index (χ3v) is 6.08. The molecule has 0 rings (SSSR count). The second-order valence-electron chi connectivity index (χ2n) is 8.03. The van der Waals surface area contributed by atoms with E-state index < -0.39 is 39.7 Å². The molecule has 0 heterocycles. The number of hydrogen-bond donors (Lipinski definition) is 4. The number of carboxylic acid groups (broad SMARTS) is 3. The first-order valence-electron chi connectivity index (χ1n) is 11.6. The van der Waals surface area contributed by atoms with E-state index in [0.29, 0.717) is 6.42 Å². The molecule has 0 spiro atoms. The predicted octanol–water partition coefficient (Wildman–Crippen LogP) is 2.25. The third kappa shape index (κ3) is 29.3. The van der Waals surface area contributed by atoms with Crippen LogP contribution in [0.2, 0.25) is 0 Å². The Morgan fingerprint density at radius 3 is 1.21 bits per heavy atom. The van der Waals surface area contributed by atoms with Crippen LogP contribution in [0, 0.1) is 0 Å². The smallest absolute Gasteiger partial charge is 1.00 e. The SMILES string of the molecule is CCCCCCCCCCCCCCCCCC(=O)O.O=C(O)CC(C(=O)O)S(=O)(=O)O.[H-].[Na+]. The van der Waals surface area contributed by atoms with Gasteiger partial charge in [0.25, 0.3) is 10.1 Å². The minimum Gasteiger partial charge on any atom is -1.00 e. The van der Waals surface area contributed by atoms with Crippen LogP contribution in [0.4, 0.5) is 0 Å². The van der Waals surface area contributed by atoms with Gasteiger partial charge in [0.1, 0.15) is 0 Å². The van der Waals surface area contributed by atoms with Crippen LogP contribution in [0.5, 0.6) is 0 Å². The monoisotopic (exact) mass is 506 g/mol. The van der Waals surface area contributed by atoms with E-state index in [9.17, 15) is 22.8 Å². The Kier molecular flexibility index (Phi) is 27.3. The number of carbonyl (C=O) groups is 3. The number of hydrogen-bond acceptors (Lipinski definition) is 5. The van der Waals surface area contributed by atoms with Gasteiger partial charge in [-0.05, 0) is 6.42 Å². The van der Waals surface area contributed by atoms with Gasteiger partial charge in [-0.2, -0.15) is 8.42 Å². The summed E-state index contributed by atoms with van der Waals surface area (Å²) < 4.78 is 28.7. The van der Waals surface area contributed by atoms with Crippen LogP contribution in [0.1, 0.15) is 118 Å². The molecule has 0 bridgehead atoms. The maximum atomic E-state index is 10.3. The third-order valence-electron chi connectivity index (χ3n) is 4.99. The van der Waals surface area contributed by atoms with Crippen molar-refractivity contribution in [1.29, 1.82) is 0 Å². The van der Waals surface area contributed by atoms with E-state index >= 15 is 0 Å². The zero-order chi connectivity index (χ0) is 24.8. The molecule has 0 aromatic heterocycles. The fraction of sp³-hybridized carbons (Fsp3) is 0.864. The molecule has 1 unspecified atom stereocenters. The van der Waals surface area contributed by atoms with Crippen LogP contribution in [0.15, 0.2) is 0 Å². The van der Waals surface area contributed by atoms with Gasteiger partial charge in [0, 0.05) is 6.42 Å². The molecule has 33 heavy (non-hydrogen) atoms. The van der Waals surface area contributed by atoms with Gasteiger partial charge in [-0.25, -0.2) is 0 Å². The normalized spacial score (nSPS) is 11.6. The van der Waals surface area contributed by atoms with Crippen LogP contribution in [-0.2, 0) is 24.5 Å². The molecule has 0 aromatic rings. The van der Waals surface area contributed by atoms with Gasteiger partial charge in [0.05, 0.1) is 6.42 Å². The van der Waals surface area contributed by atoms with E-state index in [4.69, 9.17) is 19.9 Å². The Hall–Kier alpha value is -0.680. The topological polar surface area (TPSA) is 166 Å². The van der Waals surface area contributed by atoms with E-state index in [-0.39, 0.29) is 31.0 Å². The van der Waals surface area contributed by atoms with Crippen LogP contribution < -0.4 is 29.6 Å². The molecule has 0 saturated heterocycles. The van der Waals surface area contributed by atoms with Crippen molar-refractivity contribution in [1.82, 2.24) is 0 Å². The van der Waals surface area contributed by atoms with Gasteiger partial charge in [-0.15, -0.1) is 0 Å².